The molecule has 0 aromatic carbocycles. The van der Waals surface area contributed by atoms with Gasteiger partial charge in [0, 0.05) is 18.5 Å². The summed E-state index contributed by atoms with van der Waals surface area (Å²) >= 11 is 0. The minimum absolute atomic E-state index is 0.443. The second kappa shape index (κ2) is 5.87. The van der Waals surface area contributed by atoms with Gasteiger partial charge in [-0.2, -0.15) is 0 Å². The van der Waals surface area contributed by atoms with Crippen molar-refractivity contribution in [3.8, 4) is 0 Å². The molecule has 2 heterocycles. The Balaban J connectivity index is 1.77. The van der Waals surface area contributed by atoms with Crippen molar-refractivity contribution in [1.29, 1.82) is 0 Å². The van der Waals surface area contributed by atoms with E-state index < -0.39 is 0 Å². The van der Waals surface area contributed by atoms with Crippen molar-refractivity contribution < 1.29 is 8.94 Å². The molecule has 18 heavy (non-hydrogen) atoms. The van der Waals surface area contributed by atoms with E-state index in [1.807, 2.05) is 19.1 Å². The largest absolute Gasteiger partial charge is 0.466 e. The normalized spacial score (nSPS) is 13.1. The predicted octanol–water partition coefficient (Wildman–Crippen LogP) is 3.20. The zero-order chi connectivity index (χ0) is 13.0. The van der Waals surface area contributed by atoms with Crippen LogP contribution in [0.2, 0.25) is 0 Å². The molecule has 0 radical (unpaired) electrons. The molecular weight excluding hydrogens is 228 g/mol. The third-order valence-corrected chi connectivity index (χ3v) is 3.11. The summed E-state index contributed by atoms with van der Waals surface area (Å²) < 4.78 is 10.5. The smallest absolute Gasteiger partial charge is 0.124 e. The second-order valence-corrected chi connectivity index (χ2v) is 4.87. The molecule has 0 aliphatic rings. The van der Waals surface area contributed by atoms with Crippen LogP contribution < -0.4 is 0 Å². The van der Waals surface area contributed by atoms with Crippen LogP contribution in [0.4, 0.5) is 0 Å². The van der Waals surface area contributed by atoms with Crippen molar-refractivity contribution in [2.24, 2.45) is 0 Å². The summed E-state index contributed by atoms with van der Waals surface area (Å²) in [7, 11) is 2.09. The SMILES string of the molecule is Cc1ccc([C@H](C)CCN(C)Cc2ccon2)o1. The molecule has 0 saturated heterocycles. The first-order chi connectivity index (χ1) is 8.65. The number of furan rings is 1. The molecule has 1 atom stereocenters. The van der Waals surface area contributed by atoms with E-state index in [9.17, 15) is 0 Å². The Kier molecular flexibility index (Phi) is 4.20. The van der Waals surface area contributed by atoms with E-state index in [-0.39, 0.29) is 0 Å². The monoisotopic (exact) mass is 248 g/mol. The Morgan fingerprint density at radius 2 is 2.17 bits per heavy atom. The van der Waals surface area contributed by atoms with Crippen molar-refractivity contribution in [3.63, 3.8) is 0 Å². The number of rotatable bonds is 6. The van der Waals surface area contributed by atoms with Gasteiger partial charge in [-0.1, -0.05) is 12.1 Å². The average molecular weight is 248 g/mol. The maximum Gasteiger partial charge on any atom is 0.124 e. The summed E-state index contributed by atoms with van der Waals surface area (Å²) in [6.45, 7) is 6.00. The van der Waals surface area contributed by atoms with Gasteiger partial charge in [-0.15, -0.1) is 0 Å². The van der Waals surface area contributed by atoms with E-state index in [1.54, 1.807) is 6.26 Å². The van der Waals surface area contributed by atoms with E-state index in [4.69, 9.17) is 8.94 Å². The van der Waals surface area contributed by atoms with Crippen LogP contribution in [0, 0.1) is 6.92 Å². The minimum atomic E-state index is 0.443. The fourth-order valence-corrected chi connectivity index (χ4v) is 1.95. The highest BCUT2D eigenvalue weighted by atomic mass is 16.5. The van der Waals surface area contributed by atoms with E-state index in [0.29, 0.717) is 5.92 Å². The van der Waals surface area contributed by atoms with Crippen molar-refractivity contribution in [3.05, 3.63) is 41.7 Å². The van der Waals surface area contributed by atoms with Gasteiger partial charge in [0.15, 0.2) is 0 Å². The summed E-state index contributed by atoms with van der Waals surface area (Å²) in [5.74, 6) is 2.49. The fraction of sp³-hybridized carbons (Fsp3) is 0.500. The van der Waals surface area contributed by atoms with Gasteiger partial charge in [-0.3, -0.25) is 0 Å². The maximum atomic E-state index is 5.64. The van der Waals surface area contributed by atoms with Gasteiger partial charge in [0.2, 0.25) is 0 Å². The van der Waals surface area contributed by atoms with E-state index in [1.165, 1.54) is 0 Å². The van der Waals surface area contributed by atoms with Gasteiger partial charge in [0.25, 0.3) is 0 Å². The molecule has 0 aliphatic carbocycles. The van der Waals surface area contributed by atoms with Crippen molar-refractivity contribution in [2.75, 3.05) is 13.6 Å². The van der Waals surface area contributed by atoms with Gasteiger partial charge in [-0.25, -0.2) is 0 Å². The molecule has 2 aromatic rings. The first-order valence-corrected chi connectivity index (χ1v) is 6.29. The maximum absolute atomic E-state index is 5.64. The summed E-state index contributed by atoms with van der Waals surface area (Å²) in [6, 6.07) is 5.98. The molecule has 2 rings (SSSR count). The molecule has 4 nitrogen and oxygen atoms in total. The summed E-state index contributed by atoms with van der Waals surface area (Å²) in [5, 5.41) is 3.91. The highest BCUT2D eigenvalue weighted by molar-refractivity contribution is 5.09. The summed E-state index contributed by atoms with van der Waals surface area (Å²) in [5.41, 5.74) is 0.971. The topological polar surface area (TPSA) is 42.4 Å². The second-order valence-electron chi connectivity index (χ2n) is 4.87. The Morgan fingerprint density at radius 1 is 1.33 bits per heavy atom. The number of nitrogens with zero attached hydrogens (tertiary/aromatic N) is 2. The molecule has 4 heteroatoms. The lowest BCUT2D eigenvalue weighted by Crippen LogP contribution is -2.20. The molecule has 0 aliphatic heterocycles. The number of hydrogen-bond donors (Lipinski definition) is 0. The van der Waals surface area contributed by atoms with Crippen molar-refractivity contribution in [1.82, 2.24) is 10.1 Å². The first kappa shape index (κ1) is 12.9. The lowest BCUT2D eigenvalue weighted by atomic mass is 10.1. The molecule has 98 valence electrons. The highest BCUT2D eigenvalue weighted by Crippen LogP contribution is 2.21. The van der Waals surface area contributed by atoms with Crippen LogP contribution in [-0.4, -0.2) is 23.6 Å². The van der Waals surface area contributed by atoms with Gasteiger partial charge in [0.05, 0.1) is 5.69 Å². The third kappa shape index (κ3) is 3.47. The molecule has 0 amide bonds. The van der Waals surface area contributed by atoms with Gasteiger partial charge >= 0.3 is 0 Å². The van der Waals surface area contributed by atoms with Crippen LogP contribution in [0.1, 0.15) is 36.5 Å². The number of aromatic nitrogens is 1. The van der Waals surface area contributed by atoms with Crippen LogP contribution in [0.5, 0.6) is 0 Å². The standard InChI is InChI=1S/C14H20N2O2/c1-11(14-5-4-12(2)18-14)6-8-16(3)10-13-7-9-17-15-13/h4-5,7,9,11H,6,8,10H2,1-3H3/t11-/m1/s1. The molecule has 0 N–H and O–H groups in total. The van der Waals surface area contributed by atoms with Crippen LogP contribution >= 0.6 is 0 Å². The predicted molar refractivity (Wildman–Crippen MR) is 69.3 cm³/mol. The minimum Gasteiger partial charge on any atom is -0.466 e. The van der Waals surface area contributed by atoms with Crippen LogP contribution in [0.15, 0.2) is 33.4 Å². The Hall–Kier alpha value is -1.55. The van der Waals surface area contributed by atoms with Gasteiger partial charge in [-0.05, 0) is 39.1 Å². The van der Waals surface area contributed by atoms with Crippen LogP contribution in [0.25, 0.3) is 0 Å². The lowest BCUT2D eigenvalue weighted by molar-refractivity contribution is 0.293. The molecule has 0 bridgehead atoms. The first-order valence-electron chi connectivity index (χ1n) is 6.29. The van der Waals surface area contributed by atoms with Crippen LogP contribution in [0.3, 0.4) is 0 Å². The highest BCUT2D eigenvalue weighted by Gasteiger charge is 2.11. The average Bonchev–Trinajstić information content (AvgIpc) is 2.97. The fourth-order valence-electron chi connectivity index (χ4n) is 1.95. The van der Waals surface area contributed by atoms with Gasteiger partial charge in [0.1, 0.15) is 17.8 Å². The van der Waals surface area contributed by atoms with E-state index in [2.05, 4.69) is 30.1 Å². The number of hydrogen-bond acceptors (Lipinski definition) is 4. The Bertz CT molecular complexity index is 462. The van der Waals surface area contributed by atoms with Crippen LogP contribution in [-0.2, 0) is 6.54 Å². The summed E-state index contributed by atoms with van der Waals surface area (Å²) in [4.78, 5) is 2.24. The van der Waals surface area contributed by atoms with Gasteiger partial charge < -0.3 is 13.8 Å². The Morgan fingerprint density at radius 3 is 2.78 bits per heavy atom. The molecular formula is C14H20N2O2. The van der Waals surface area contributed by atoms with E-state index >= 15 is 0 Å². The Labute approximate surface area is 108 Å². The quantitative estimate of drug-likeness (QED) is 0.787. The molecule has 0 fully saturated rings. The molecule has 0 saturated carbocycles. The van der Waals surface area contributed by atoms with Crippen molar-refractivity contribution in [2.45, 2.75) is 32.7 Å². The lowest BCUT2D eigenvalue weighted by Gasteiger charge is -2.17. The third-order valence-electron chi connectivity index (χ3n) is 3.11. The van der Waals surface area contributed by atoms with E-state index in [0.717, 1.165) is 36.7 Å². The van der Waals surface area contributed by atoms with Crippen molar-refractivity contribution >= 4 is 0 Å². The molecule has 0 unspecified atom stereocenters. The number of aryl methyl sites for hydroxylation is 1. The molecule has 0 spiro atoms. The molecule has 2 aromatic heterocycles. The zero-order valence-electron chi connectivity index (χ0n) is 11.2. The summed E-state index contributed by atoms with van der Waals surface area (Å²) in [6.07, 6.45) is 2.68. The zero-order valence-corrected chi connectivity index (χ0v) is 11.2.